The minimum absolute atomic E-state index is 0.0925. The van der Waals surface area contributed by atoms with Crippen LogP contribution in [-0.4, -0.2) is 21.4 Å². The van der Waals surface area contributed by atoms with Gasteiger partial charge in [0.05, 0.1) is 11.6 Å². The highest BCUT2D eigenvalue weighted by atomic mass is 16.3. The monoisotopic (exact) mass is 486 g/mol. The number of amides is 1. The number of carbonyl (C=O) groups excluding carboxylic acids is 2. The molecule has 5 aromatic rings. The maximum absolute atomic E-state index is 13.6. The molecule has 6 rings (SSSR count). The summed E-state index contributed by atoms with van der Waals surface area (Å²) >= 11 is 0. The van der Waals surface area contributed by atoms with Gasteiger partial charge in [0.2, 0.25) is 0 Å². The maximum atomic E-state index is 13.6. The molecule has 1 N–H and O–H groups in total. The summed E-state index contributed by atoms with van der Waals surface area (Å²) < 4.78 is 1.99. The lowest BCUT2D eigenvalue weighted by Gasteiger charge is -2.25. The number of aliphatic hydroxyl groups is 1. The van der Waals surface area contributed by atoms with Gasteiger partial charge in [-0.2, -0.15) is 0 Å². The van der Waals surface area contributed by atoms with Gasteiger partial charge in [0.1, 0.15) is 5.76 Å². The van der Waals surface area contributed by atoms with E-state index in [0.717, 1.165) is 38.4 Å². The number of anilines is 1. The van der Waals surface area contributed by atoms with E-state index in [-0.39, 0.29) is 11.3 Å². The van der Waals surface area contributed by atoms with Crippen LogP contribution in [0.15, 0.2) is 96.7 Å². The third-order valence-corrected chi connectivity index (χ3v) is 7.46. The number of nitrogens with zero attached hydrogens (tertiary/aromatic N) is 2. The fraction of sp³-hybridized carbons (Fsp3) is 0.125. The number of aryl methyl sites for hydroxylation is 3. The molecule has 0 spiro atoms. The molecule has 4 aromatic carbocycles. The smallest absolute Gasteiger partial charge is 0.300 e. The van der Waals surface area contributed by atoms with E-state index < -0.39 is 17.7 Å². The van der Waals surface area contributed by atoms with E-state index in [0.29, 0.717) is 11.3 Å². The second-order valence-electron chi connectivity index (χ2n) is 9.71. The van der Waals surface area contributed by atoms with Crippen LogP contribution in [0.1, 0.15) is 28.3 Å². The van der Waals surface area contributed by atoms with Crippen LogP contribution in [-0.2, 0) is 16.6 Å². The zero-order chi connectivity index (χ0) is 25.8. The first-order chi connectivity index (χ1) is 17.8. The average Bonchev–Trinajstić information content (AvgIpc) is 3.38. The summed E-state index contributed by atoms with van der Waals surface area (Å²) in [5, 5.41) is 14.5. The molecule has 0 bridgehead atoms. The second-order valence-corrected chi connectivity index (χ2v) is 9.71. The Labute approximate surface area is 214 Å². The van der Waals surface area contributed by atoms with Crippen LogP contribution in [0.2, 0.25) is 0 Å². The van der Waals surface area contributed by atoms with Crippen molar-refractivity contribution in [3.05, 3.63) is 119 Å². The summed E-state index contributed by atoms with van der Waals surface area (Å²) in [7, 11) is 1.94. The van der Waals surface area contributed by atoms with Crippen molar-refractivity contribution < 1.29 is 14.7 Å². The van der Waals surface area contributed by atoms with Crippen molar-refractivity contribution >= 4 is 44.8 Å². The molecular formula is C32H26N2O3. The highest BCUT2D eigenvalue weighted by Crippen LogP contribution is 2.45. The Hall–Kier alpha value is -4.64. The first-order valence-corrected chi connectivity index (χ1v) is 12.3. The SMILES string of the molecule is Cc1ccc(N2C(=O)C(=O)/C(=C(/O)c3ccc4ccccc4c3)C2c2cn(C)c3ccccc23)cc1C. The molecule has 1 atom stereocenters. The number of Topliss-reactive ketones (excluding diaryl/α,β-unsaturated/α-hetero) is 1. The summed E-state index contributed by atoms with van der Waals surface area (Å²) in [6, 6.07) is 26.3. The maximum Gasteiger partial charge on any atom is 0.300 e. The molecule has 0 saturated carbocycles. The van der Waals surface area contributed by atoms with Crippen LogP contribution in [0.25, 0.3) is 27.4 Å². The van der Waals surface area contributed by atoms with Gasteiger partial charge in [-0.05, 0) is 60.0 Å². The third-order valence-electron chi connectivity index (χ3n) is 7.46. The van der Waals surface area contributed by atoms with E-state index in [9.17, 15) is 14.7 Å². The first kappa shape index (κ1) is 22.8. The van der Waals surface area contributed by atoms with E-state index in [4.69, 9.17) is 0 Å². The van der Waals surface area contributed by atoms with Crippen LogP contribution < -0.4 is 4.90 Å². The number of para-hydroxylation sites is 1. The highest BCUT2D eigenvalue weighted by molar-refractivity contribution is 6.52. The molecule has 2 heterocycles. The Morgan fingerprint density at radius 2 is 1.54 bits per heavy atom. The van der Waals surface area contributed by atoms with Crippen molar-refractivity contribution in [3.63, 3.8) is 0 Å². The molecule has 37 heavy (non-hydrogen) atoms. The number of aliphatic hydroxyl groups excluding tert-OH is 1. The molecule has 1 unspecified atom stereocenters. The van der Waals surface area contributed by atoms with E-state index in [2.05, 4.69) is 0 Å². The van der Waals surface area contributed by atoms with Gasteiger partial charge in [0.15, 0.2) is 0 Å². The molecule has 1 aromatic heterocycles. The van der Waals surface area contributed by atoms with Crippen LogP contribution in [0.4, 0.5) is 5.69 Å². The van der Waals surface area contributed by atoms with Gasteiger partial charge in [-0.1, -0.05) is 60.7 Å². The van der Waals surface area contributed by atoms with Crippen molar-refractivity contribution in [3.8, 4) is 0 Å². The fourth-order valence-electron chi connectivity index (χ4n) is 5.35. The summed E-state index contributed by atoms with van der Waals surface area (Å²) in [5.74, 6) is -1.52. The Kier molecular flexibility index (Phi) is 5.23. The quantitative estimate of drug-likeness (QED) is 0.178. The van der Waals surface area contributed by atoms with Gasteiger partial charge in [-0.15, -0.1) is 0 Å². The largest absolute Gasteiger partial charge is 0.507 e. The molecule has 1 saturated heterocycles. The van der Waals surface area contributed by atoms with Crippen LogP contribution in [0, 0.1) is 13.8 Å². The highest BCUT2D eigenvalue weighted by Gasteiger charge is 2.48. The van der Waals surface area contributed by atoms with Gasteiger partial charge >= 0.3 is 0 Å². The number of fused-ring (bicyclic) bond motifs is 2. The van der Waals surface area contributed by atoms with Crippen molar-refractivity contribution in [2.75, 3.05) is 4.90 Å². The van der Waals surface area contributed by atoms with Gasteiger partial charge in [0.25, 0.3) is 11.7 Å². The van der Waals surface area contributed by atoms with E-state index >= 15 is 0 Å². The fourth-order valence-corrected chi connectivity index (χ4v) is 5.35. The molecule has 0 radical (unpaired) electrons. The molecular weight excluding hydrogens is 460 g/mol. The Bertz CT molecular complexity index is 1780. The van der Waals surface area contributed by atoms with Crippen LogP contribution >= 0.6 is 0 Å². The number of rotatable bonds is 3. The first-order valence-electron chi connectivity index (χ1n) is 12.3. The summed E-state index contributed by atoms with van der Waals surface area (Å²) in [5.41, 5.74) is 5.10. The molecule has 1 fully saturated rings. The molecule has 1 aliphatic rings. The van der Waals surface area contributed by atoms with E-state index in [1.807, 2.05) is 111 Å². The minimum Gasteiger partial charge on any atom is -0.507 e. The zero-order valence-corrected chi connectivity index (χ0v) is 20.9. The van der Waals surface area contributed by atoms with E-state index in [1.54, 1.807) is 6.07 Å². The topological polar surface area (TPSA) is 62.5 Å². The third kappa shape index (κ3) is 3.54. The molecule has 1 aliphatic heterocycles. The Morgan fingerprint density at radius 1 is 0.811 bits per heavy atom. The molecule has 182 valence electrons. The molecule has 5 heteroatoms. The van der Waals surface area contributed by atoms with E-state index in [1.165, 1.54) is 4.90 Å². The van der Waals surface area contributed by atoms with Gasteiger partial charge in [-0.3, -0.25) is 14.5 Å². The van der Waals surface area contributed by atoms with Gasteiger partial charge in [0, 0.05) is 41.0 Å². The minimum atomic E-state index is -0.778. The summed E-state index contributed by atoms with van der Waals surface area (Å²) in [6.07, 6.45) is 1.95. The number of carbonyl (C=O) groups is 2. The Balaban J connectivity index is 1.63. The van der Waals surface area contributed by atoms with Crippen molar-refractivity contribution in [2.24, 2.45) is 7.05 Å². The van der Waals surface area contributed by atoms with Crippen LogP contribution in [0.5, 0.6) is 0 Å². The van der Waals surface area contributed by atoms with Crippen LogP contribution in [0.3, 0.4) is 0 Å². The number of benzene rings is 4. The predicted molar refractivity (Wildman–Crippen MR) is 148 cm³/mol. The normalized spacial score (nSPS) is 17.3. The zero-order valence-electron chi connectivity index (χ0n) is 20.9. The average molecular weight is 487 g/mol. The number of ketones is 1. The molecule has 0 aliphatic carbocycles. The lowest BCUT2D eigenvalue weighted by Crippen LogP contribution is -2.29. The second kappa shape index (κ2) is 8.49. The predicted octanol–water partition coefficient (Wildman–Crippen LogP) is 6.57. The van der Waals surface area contributed by atoms with Gasteiger partial charge in [-0.25, -0.2) is 0 Å². The molecule has 5 nitrogen and oxygen atoms in total. The number of aromatic nitrogens is 1. The summed E-state index contributed by atoms with van der Waals surface area (Å²) in [6.45, 7) is 3.99. The lowest BCUT2D eigenvalue weighted by molar-refractivity contribution is -0.132. The lowest BCUT2D eigenvalue weighted by atomic mass is 9.94. The van der Waals surface area contributed by atoms with Crippen molar-refractivity contribution in [1.82, 2.24) is 4.57 Å². The van der Waals surface area contributed by atoms with Crippen molar-refractivity contribution in [2.45, 2.75) is 19.9 Å². The molecule has 1 amide bonds. The number of hydrogen-bond donors (Lipinski definition) is 1. The van der Waals surface area contributed by atoms with Crippen molar-refractivity contribution in [1.29, 1.82) is 0 Å². The number of hydrogen-bond acceptors (Lipinski definition) is 3. The Morgan fingerprint density at radius 3 is 2.32 bits per heavy atom. The van der Waals surface area contributed by atoms with Gasteiger partial charge < -0.3 is 9.67 Å². The summed E-state index contributed by atoms with van der Waals surface area (Å²) in [4.78, 5) is 28.8. The standard InChI is InChI=1S/C32H26N2O3/c1-19-12-15-24(16-20(19)2)34-29(26-18-33(3)27-11-7-6-10-25(26)27)28(31(36)32(34)37)30(35)23-14-13-21-8-4-5-9-22(21)17-23/h4-18,29,35H,1-3H3/b30-28+.